The normalized spacial score (nSPS) is 20.1. The first-order valence-corrected chi connectivity index (χ1v) is 7.20. The SMILES string of the molecule is CCNCc1sc(CC2CCCO2)nc1C(F)(F)F. The maximum absolute atomic E-state index is 12.9. The fraction of sp³-hybridized carbons (Fsp3) is 0.750. The van der Waals surface area contributed by atoms with Crippen molar-refractivity contribution in [1.29, 1.82) is 0 Å². The standard InChI is InChI=1S/C12H17F3N2OS/c1-2-16-7-9-11(12(13,14)15)17-10(19-9)6-8-4-3-5-18-8/h8,16H,2-7H2,1H3. The van der Waals surface area contributed by atoms with Gasteiger partial charge in [0.05, 0.1) is 16.0 Å². The molecule has 1 unspecified atom stereocenters. The predicted octanol–water partition coefficient (Wildman–Crippen LogP) is 2.99. The first kappa shape index (κ1) is 14.7. The van der Waals surface area contributed by atoms with Gasteiger partial charge in [-0.25, -0.2) is 4.98 Å². The van der Waals surface area contributed by atoms with Crippen LogP contribution in [0.2, 0.25) is 0 Å². The minimum Gasteiger partial charge on any atom is -0.378 e. The van der Waals surface area contributed by atoms with Gasteiger partial charge in [0.25, 0.3) is 0 Å². The van der Waals surface area contributed by atoms with Crippen molar-refractivity contribution in [2.75, 3.05) is 13.2 Å². The van der Waals surface area contributed by atoms with Gasteiger partial charge in [0.2, 0.25) is 0 Å². The molecule has 1 aromatic rings. The molecule has 0 aromatic carbocycles. The van der Waals surface area contributed by atoms with Crippen molar-refractivity contribution in [2.24, 2.45) is 0 Å². The van der Waals surface area contributed by atoms with Crippen LogP contribution < -0.4 is 5.32 Å². The van der Waals surface area contributed by atoms with E-state index in [1.807, 2.05) is 6.92 Å². The molecule has 19 heavy (non-hydrogen) atoms. The molecule has 2 heterocycles. The first-order chi connectivity index (χ1) is 9.00. The van der Waals surface area contributed by atoms with Gasteiger partial charge < -0.3 is 10.1 Å². The maximum Gasteiger partial charge on any atom is 0.434 e. The number of nitrogens with one attached hydrogen (secondary N) is 1. The van der Waals surface area contributed by atoms with Crippen LogP contribution in [0.15, 0.2) is 0 Å². The summed E-state index contributed by atoms with van der Waals surface area (Å²) in [5, 5.41) is 3.44. The molecule has 0 radical (unpaired) electrons. The summed E-state index contributed by atoms with van der Waals surface area (Å²) in [6, 6.07) is 0. The van der Waals surface area contributed by atoms with E-state index in [1.165, 1.54) is 0 Å². The molecule has 1 saturated heterocycles. The molecule has 1 aromatic heterocycles. The fourth-order valence-electron chi connectivity index (χ4n) is 2.07. The highest BCUT2D eigenvalue weighted by atomic mass is 32.1. The molecule has 108 valence electrons. The smallest absolute Gasteiger partial charge is 0.378 e. The zero-order valence-corrected chi connectivity index (χ0v) is 11.5. The van der Waals surface area contributed by atoms with Gasteiger partial charge >= 0.3 is 6.18 Å². The second-order valence-electron chi connectivity index (χ2n) is 4.50. The molecule has 2 rings (SSSR count). The lowest BCUT2D eigenvalue weighted by Crippen LogP contribution is -2.16. The number of aromatic nitrogens is 1. The number of ether oxygens (including phenoxy) is 1. The summed E-state index contributed by atoms with van der Waals surface area (Å²) >= 11 is 1.14. The summed E-state index contributed by atoms with van der Waals surface area (Å²) in [7, 11) is 0. The summed E-state index contributed by atoms with van der Waals surface area (Å²) < 4.78 is 44.1. The molecule has 1 atom stereocenters. The largest absolute Gasteiger partial charge is 0.434 e. The second kappa shape index (κ2) is 6.19. The molecule has 1 fully saturated rings. The molecule has 1 aliphatic heterocycles. The van der Waals surface area contributed by atoms with Crippen molar-refractivity contribution in [3.05, 3.63) is 15.6 Å². The molecular weight excluding hydrogens is 277 g/mol. The summed E-state index contributed by atoms with van der Waals surface area (Å²) in [6.07, 6.45) is -1.98. The van der Waals surface area contributed by atoms with Gasteiger partial charge in [-0.1, -0.05) is 6.92 Å². The number of alkyl halides is 3. The Morgan fingerprint density at radius 2 is 2.26 bits per heavy atom. The van der Waals surface area contributed by atoms with Crippen LogP contribution in [0.4, 0.5) is 13.2 Å². The van der Waals surface area contributed by atoms with Crippen molar-refractivity contribution in [3.63, 3.8) is 0 Å². The molecule has 3 nitrogen and oxygen atoms in total. The minimum absolute atomic E-state index is 0.0271. The summed E-state index contributed by atoms with van der Waals surface area (Å²) in [6.45, 7) is 3.42. The van der Waals surface area contributed by atoms with Crippen LogP contribution in [0, 0.1) is 0 Å². The highest BCUT2D eigenvalue weighted by Crippen LogP contribution is 2.35. The van der Waals surface area contributed by atoms with Gasteiger partial charge in [0, 0.05) is 19.6 Å². The van der Waals surface area contributed by atoms with Crippen LogP contribution >= 0.6 is 11.3 Å². The third-order valence-electron chi connectivity index (χ3n) is 2.97. The summed E-state index contributed by atoms with van der Waals surface area (Å²) in [5.74, 6) is 0. The van der Waals surface area contributed by atoms with E-state index in [0.717, 1.165) is 24.2 Å². The Labute approximate surface area is 114 Å². The Kier molecular flexibility index (Phi) is 4.81. The average molecular weight is 294 g/mol. The lowest BCUT2D eigenvalue weighted by atomic mass is 10.2. The Morgan fingerprint density at radius 1 is 1.47 bits per heavy atom. The summed E-state index contributed by atoms with van der Waals surface area (Å²) in [4.78, 5) is 4.04. The molecular formula is C12H17F3N2OS. The van der Waals surface area contributed by atoms with Gasteiger partial charge in [-0.2, -0.15) is 13.2 Å². The minimum atomic E-state index is -4.38. The van der Waals surface area contributed by atoms with Crippen LogP contribution in [0.1, 0.15) is 35.3 Å². The highest BCUT2D eigenvalue weighted by molar-refractivity contribution is 7.11. The predicted molar refractivity (Wildman–Crippen MR) is 67.2 cm³/mol. The Bertz CT molecular complexity index is 414. The Balaban J connectivity index is 2.13. The second-order valence-corrected chi connectivity index (χ2v) is 5.66. The molecule has 7 heteroatoms. The summed E-state index contributed by atoms with van der Waals surface area (Å²) in [5.41, 5.74) is -0.744. The van der Waals surface area contributed by atoms with E-state index in [4.69, 9.17) is 4.74 Å². The zero-order valence-electron chi connectivity index (χ0n) is 10.7. The van der Waals surface area contributed by atoms with Crippen LogP contribution in [0.3, 0.4) is 0 Å². The fourth-order valence-corrected chi connectivity index (χ4v) is 3.19. The number of halogens is 3. The molecule has 1 aliphatic rings. The quantitative estimate of drug-likeness (QED) is 0.906. The topological polar surface area (TPSA) is 34.1 Å². The number of nitrogens with zero attached hydrogens (tertiary/aromatic N) is 1. The van der Waals surface area contributed by atoms with Crippen molar-refractivity contribution in [1.82, 2.24) is 10.3 Å². The number of thiazole rings is 1. The van der Waals surface area contributed by atoms with Crippen LogP contribution in [0.5, 0.6) is 0 Å². The van der Waals surface area contributed by atoms with Crippen LogP contribution in [0.25, 0.3) is 0 Å². The molecule has 0 bridgehead atoms. The van der Waals surface area contributed by atoms with Crippen LogP contribution in [-0.2, 0) is 23.9 Å². The first-order valence-electron chi connectivity index (χ1n) is 6.38. The third kappa shape index (κ3) is 3.90. The highest BCUT2D eigenvalue weighted by Gasteiger charge is 2.37. The monoisotopic (exact) mass is 294 g/mol. The van der Waals surface area contributed by atoms with Crippen molar-refractivity contribution in [3.8, 4) is 0 Å². The Morgan fingerprint density at radius 3 is 2.84 bits per heavy atom. The lowest BCUT2D eigenvalue weighted by molar-refractivity contribution is -0.141. The van der Waals surface area contributed by atoms with Gasteiger partial charge in [0.1, 0.15) is 0 Å². The van der Waals surface area contributed by atoms with E-state index in [-0.39, 0.29) is 17.5 Å². The third-order valence-corrected chi connectivity index (χ3v) is 4.05. The van der Waals surface area contributed by atoms with Gasteiger partial charge in [-0.3, -0.25) is 0 Å². The van der Waals surface area contributed by atoms with E-state index >= 15 is 0 Å². The molecule has 1 N–H and O–H groups in total. The van der Waals surface area contributed by atoms with Gasteiger partial charge in [-0.05, 0) is 19.4 Å². The van der Waals surface area contributed by atoms with Gasteiger partial charge in [-0.15, -0.1) is 11.3 Å². The lowest BCUT2D eigenvalue weighted by Gasteiger charge is -2.06. The molecule has 0 aliphatic carbocycles. The number of hydrogen-bond donors (Lipinski definition) is 1. The molecule has 0 saturated carbocycles. The van der Waals surface area contributed by atoms with E-state index < -0.39 is 11.9 Å². The van der Waals surface area contributed by atoms with E-state index in [0.29, 0.717) is 24.6 Å². The van der Waals surface area contributed by atoms with Crippen molar-refractivity contribution >= 4 is 11.3 Å². The van der Waals surface area contributed by atoms with E-state index in [9.17, 15) is 13.2 Å². The van der Waals surface area contributed by atoms with Gasteiger partial charge in [0.15, 0.2) is 5.69 Å². The van der Waals surface area contributed by atoms with Crippen LogP contribution in [-0.4, -0.2) is 24.2 Å². The number of rotatable bonds is 5. The van der Waals surface area contributed by atoms with E-state index in [1.54, 1.807) is 0 Å². The number of hydrogen-bond acceptors (Lipinski definition) is 4. The molecule has 0 spiro atoms. The van der Waals surface area contributed by atoms with Crippen molar-refractivity contribution < 1.29 is 17.9 Å². The van der Waals surface area contributed by atoms with Crippen molar-refractivity contribution in [2.45, 2.75) is 45.0 Å². The zero-order chi connectivity index (χ0) is 13.9. The van der Waals surface area contributed by atoms with E-state index in [2.05, 4.69) is 10.3 Å². The average Bonchev–Trinajstić information content (AvgIpc) is 2.95. The Hall–Kier alpha value is -0.660. The molecule has 0 amide bonds. The maximum atomic E-state index is 12.9.